The molecule has 2 N–H and O–H groups in total. The summed E-state index contributed by atoms with van der Waals surface area (Å²) in [7, 11) is 2.00. The van der Waals surface area contributed by atoms with Gasteiger partial charge in [-0.15, -0.1) is 0 Å². The van der Waals surface area contributed by atoms with Crippen molar-refractivity contribution in [2.24, 2.45) is 12.8 Å². The summed E-state index contributed by atoms with van der Waals surface area (Å²) in [6.07, 6.45) is 0.0733. The Morgan fingerprint density at radius 1 is 0.976 bits per heavy atom. The van der Waals surface area contributed by atoms with E-state index < -0.39 is 23.5 Å². The number of aryl methyl sites for hydroxylation is 1. The number of imidazole rings is 1. The van der Waals surface area contributed by atoms with E-state index in [4.69, 9.17) is 15.5 Å². The molecule has 2 heterocycles. The van der Waals surface area contributed by atoms with Crippen LogP contribution in [0.3, 0.4) is 0 Å². The number of aromatic nitrogens is 2. The maximum atomic E-state index is 13.4. The van der Waals surface area contributed by atoms with Gasteiger partial charge in [-0.25, -0.2) is 4.98 Å². The van der Waals surface area contributed by atoms with E-state index in [1.54, 1.807) is 26.8 Å². The molecule has 0 spiro atoms. The first kappa shape index (κ1) is 28.8. The van der Waals surface area contributed by atoms with Crippen LogP contribution in [0.1, 0.15) is 55.1 Å². The van der Waals surface area contributed by atoms with Crippen LogP contribution >= 0.6 is 0 Å². The highest BCUT2D eigenvalue weighted by atomic mass is 16.6. The number of hydrogen-bond donors (Lipinski definition) is 1. The number of rotatable bonds is 8. The molecule has 1 atom stereocenters. The standard InChI is InChI=1S/C34H36N4O4/c1-21-11-9-10-14-25(21)29-30(22-12-7-6-8-13-22)37(5)32(36-29)23-15-16-26-24(19-23)20-38(33(26)41)27(31(35)40)17-18-28(39)42-34(2,3)4/h6-16,19,27H,17-18,20H2,1-5H3,(H2,35,40). The minimum absolute atomic E-state index is 0.0204. The van der Waals surface area contributed by atoms with Crippen LogP contribution in [0.2, 0.25) is 0 Å². The second kappa shape index (κ2) is 11.3. The van der Waals surface area contributed by atoms with E-state index in [2.05, 4.69) is 35.8 Å². The van der Waals surface area contributed by atoms with Gasteiger partial charge in [-0.05, 0) is 57.4 Å². The number of benzene rings is 3. The van der Waals surface area contributed by atoms with Gasteiger partial charge in [-0.1, -0.05) is 60.7 Å². The summed E-state index contributed by atoms with van der Waals surface area (Å²) < 4.78 is 7.46. The SMILES string of the molecule is Cc1ccccc1-c1nc(-c2ccc3c(c2)CN(C(CCC(=O)OC(C)(C)C)C(N)=O)C3=O)n(C)c1-c1ccccc1. The van der Waals surface area contributed by atoms with Crippen molar-refractivity contribution in [3.8, 4) is 33.9 Å². The van der Waals surface area contributed by atoms with Gasteiger partial charge in [-0.2, -0.15) is 0 Å². The van der Waals surface area contributed by atoms with Crippen LogP contribution < -0.4 is 5.73 Å². The van der Waals surface area contributed by atoms with Gasteiger partial charge in [-0.3, -0.25) is 14.4 Å². The van der Waals surface area contributed by atoms with Crippen molar-refractivity contribution in [3.63, 3.8) is 0 Å². The third-order valence-electron chi connectivity index (χ3n) is 7.48. The van der Waals surface area contributed by atoms with E-state index >= 15 is 0 Å². The summed E-state index contributed by atoms with van der Waals surface area (Å²) in [6.45, 7) is 7.63. The number of ether oxygens (including phenoxy) is 1. The normalized spacial score (nSPS) is 13.6. The van der Waals surface area contributed by atoms with E-state index in [-0.39, 0.29) is 25.3 Å². The summed E-state index contributed by atoms with van der Waals surface area (Å²) in [5.74, 6) is -0.611. The fraction of sp³-hybridized carbons (Fsp3) is 0.294. The molecule has 216 valence electrons. The second-order valence-corrected chi connectivity index (χ2v) is 11.7. The fourth-order valence-corrected chi connectivity index (χ4v) is 5.54. The maximum Gasteiger partial charge on any atom is 0.306 e. The van der Waals surface area contributed by atoms with Gasteiger partial charge in [0.1, 0.15) is 17.5 Å². The Morgan fingerprint density at radius 3 is 2.33 bits per heavy atom. The Bertz CT molecular complexity index is 1670. The quantitative estimate of drug-likeness (QED) is 0.278. The summed E-state index contributed by atoms with van der Waals surface area (Å²) in [6, 6.07) is 23.0. The number of nitrogens with zero attached hydrogens (tertiary/aromatic N) is 3. The highest BCUT2D eigenvalue weighted by Crippen LogP contribution is 2.38. The molecule has 1 unspecified atom stereocenters. The van der Waals surface area contributed by atoms with Crippen LogP contribution in [0.5, 0.6) is 0 Å². The van der Waals surface area contributed by atoms with Crippen LogP contribution in [0.15, 0.2) is 72.8 Å². The summed E-state index contributed by atoms with van der Waals surface area (Å²) >= 11 is 0. The molecule has 2 amide bonds. The molecule has 1 aromatic heterocycles. The molecular weight excluding hydrogens is 528 g/mol. The molecule has 42 heavy (non-hydrogen) atoms. The topological polar surface area (TPSA) is 108 Å². The molecular formula is C34H36N4O4. The molecule has 5 rings (SSSR count). The van der Waals surface area contributed by atoms with Crippen LogP contribution in [-0.2, 0) is 27.9 Å². The number of nitrogens with two attached hydrogens (primary N) is 1. The highest BCUT2D eigenvalue weighted by Gasteiger charge is 2.36. The lowest BCUT2D eigenvalue weighted by atomic mass is 10.0. The smallest absolute Gasteiger partial charge is 0.306 e. The fourth-order valence-electron chi connectivity index (χ4n) is 5.54. The van der Waals surface area contributed by atoms with E-state index in [1.165, 1.54) is 4.90 Å². The van der Waals surface area contributed by atoms with Crippen molar-refractivity contribution in [1.82, 2.24) is 14.5 Å². The van der Waals surface area contributed by atoms with Crippen molar-refractivity contribution in [1.29, 1.82) is 0 Å². The Labute approximate surface area is 246 Å². The number of fused-ring (bicyclic) bond motifs is 1. The molecule has 0 saturated carbocycles. The minimum Gasteiger partial charge on any atom is -0.460 e. The average Bonchev–Trinajstić information content (AvgIpc) is 3.44. The first-order valence-corrected chi connectivity index (χ1v) is 14.1. The Hall–Kier alpha value is -4.72. The Kier molecular flexibility index (Phi) is 7.73. The van der Waals surface area contributed by atoms with Gasteiger partial charge in [0.05, 0.1) is 11.4 Å². The largest absolute Gasteiger partial charge is 0.460 e. The molecule has 8 heteroatoms. The van der Waals surface area contributed by atoms with Crippen molar-refractivity contribution < 1.29 is 19.1 Å². The second-order valence-electron chi connectivity index (χ2n) is 11.7. The molecule has 0 radical (unpaired) electrons. The molecule has 1 aliphatic rings. The number of primary amides is 1. The molecule has 3 aromatic carbocycles. The van der Waals surface area contributed by atoms with Gasteiger partial charge in [0.2, 0.25) is 5.91 Å². The van der Waals surface area contributed by atoms with Gasteiger partial charge >= 0.3 is 5.97 Å². The molecule has 0 aliphatic carbocycles. The highest BCUT2D eigenvalue weighted by molar-refractivity contribution is 6.01. The zero-order chi connectivity index (χ0) is 30.2. The van der Waals surface area contributed by atoms with Crippen LogP contribution in [0.4, 0.5) is 0 Å². The van der Waals surface area contributed by atoms with E-state index in [0.717, 1.165) is 45.0 Å². The summed E-state index contributed by atoms with van der Waals surface area (Å²) in [5, 5.41) is 0. The molecule has 8 nitrogen and oxygen atoms in total. The number of amides is 2. The minimum atomic E-state index is -0.925. The van der Waals surface area contributed by atoms with E-state index in [0.29, 0.717) is 5.56 Å². The van der Waals surface area contributed by atoms with Crippen LogP contribution in [0, 0.1) is 6.92 Å². The number of carbonyl (C=O) groups excluding carboxylic acids is 3. The lowest BCUT2D eigenvalue weighted by Crippen LogP contribution is -2.45. The summed E-state index contributed by atoms with van der Waals surface area (Å²) in [5.41, 5.74) is 12.3. The molecule has 0 bridgehead atoms. The zero-order valence-electron chi connectivity index (χ0n) is 24.7. The van der Waals surface area contributed by atoms with Gasteiger partial charge in [0, 0.05) is 42.3 Å². The van der Waals surface area contributed by atoms with Crippen molar-refractivity contribution in [3.05, 3.63) is 89.5 Å². The number of hydrogen-bond acceptors (Lipinski definition) is 5. The first-order chi connectivity index (χ1) is 19.9. The van der Waals surface area contributed by atoms with E-state index in [9.17, 15) is 14.4 Å². The Balaban J connectivity index is 1.48. The van der Waals surface area contributed by atoms with Crippen LogP contribution in [-0.4, -0.2) is 43.9 Å². The lowest BCUT2D eigenvalue weighted by molar-refractivity contribution is -0.155. The molecule has 0 saturated heterocycles. The van der Waals surface area contributed by atoms with Crippen molar-refractivity contribution in [2.45, 2.75) is 58.7 Å². The monoisotopic (exact) mass is 564 g/mol. The average molecular weight is 565 g/mol. The van der Waals surface area contributed by atoms with Crippen molar-refractivity contribution >= 4 is 17.8 Å². The third-order valence-corrected chi connectivity index (χ3v) is 7.48. The number of carbonyl (C=O) groups is 3. The van der Waals surface area contributed by atoms with Crippen LogP contribution in [0.25, 0.3) is 33.9 Å². The Morgan fingerprint density at radius 2 is 1.67 bits per heavy atom. The zero-order valence-corrected chi connectivity index (χ0v) is 24.7. The summed E-state index contributed by atoms with van der Waals surface area (Å²) in [4.78, 5) is 44.7. The maximum absolute atomic E-state index is 13.4. The number of esters is 1. The predicted molar refractivity (Wildman–Crippen MR) is 162 cm³/mol. The molecule has 4 aromatic rings. The van der Waals surface area contributed by atoms with Gasteiger partial charge in [0.15, 0.2) is 0 Å². The first-order valence-electron chi connectivity index (χ1n) is 14.1. The predicted octanol–water partition coefficient (Wildman–Crippen LogP) is 5.66. The van der Waals surface area contributed by atoms with Gasteiger partial charge in [0.25, 0.3) is 5.91 Å². The lowest BCUT2D eigenvalue weighted by Gasteiger charge is -2.25. The molecule has 0 fully saturated rings. The molecule has 1 aliphatic heterocycles. The van der Waals surface area contributed by atoms with Crippen molar-refractivity contribution in [2.75, 3.05) is 0 Å². The van der Waals surface area contributed by atoms with Gasteiger partial charge < -0.3 is 19.9 Å². The third kappa shape index (κ3) is 5.70. The van der Waals surface area contributed by atoms with E-state index in [1.807, 2.05) is 49.5 Å².